The number of hydrogen-bond acceptors (Lipinski definition) is 4. The number of carbonyl (C=O) groups is 1. The number of aromatic nitrogens is 1. The molecule has 0 radical (unpaired) electrons. The molecule has 5 nitrogen and oxygen atoms in total. The van der Waals surface area contributed by atoms with Gasteiger partial charge in [-0.05, 0) is 61.4 Å². The van der Waals surface area contributed by atoms with E-state index in [2.05, 4.69) is 10.3 Å². The van der Waals surface area contributed by atoms with E-state index in [1.165, 1.54) is 0 Å². The molecule has 2 aromatic carbocycles. The van der Waals surface area contributed by atoms with Crippen LogP contribution in [0.2, 0.25) is 0 Å². The molecule has 0 atom stereocenters. The van der Waals surface area contributed by atoms with E-state index in [9.17, 15) is 4.79 Å². The Morgan fingerprint density at radius 2 is 1.86 bits per heavy atom. The zero-order valence-electron chi connectivity index (χ0n) is 15.7. The van der Waals surface area contributed by atoms with Gasteiger partial charge in [0, 0.05) is 11.1 Å². The SMILES string of the molecule is Cc1cc(C)nc(NC(=O)c2cc3cc(OCc4ccccc4)ccc3o2)c1. The minimum absolute atomic E-state index is 0.233. The second-order valence-electron chi connectivity index (χ2n) is 6.71. The zero-order chi connectivity index (χ0) is 19.5. The van der Waals surface area contributed by atoms with Gasteiger partial charge in [-0.3, -0.25) is 4.79 Å². The summed E-state index contributed by atoms with van der Waals surface area (Å²) in [5, 5.41) is 3.60. The minimum Gasteiger partial charge on any atom is -0.489 e. The van der Waals surface area contributed by atoms with Crippen molar-refractivity contribution in [2.45, 2.75) is 20.5 Å². The summed E-state index contributed by atoms with van der Waals surface area (Å²) in [5.74, 6) is 1.13. The van der Waals surface area contributed by atoms with Gasteiger partial charge in [0.2, 0.25) is 0 Å². The van der Waals surface area contributed by atoms with E-state index in [1.54, 1.807) is 6.07 Å². The Morgan fingerprint density at radius 3 is 2.64 bits per heavy atom. The van der Waals surface area contributed by atoms with Crippen molar-refractivity contribution < 1.29 is 13.9 Å². The molecule has 0 aliphatic rings. The lowest BCUT2D eigenvalue weighted by atomic mass is 10.2. The third-order valence-corrected chi connectivity index (χ3v) is 4.30. The van der Waals surface area contributed by atoms with Crippen LogP contribution >= 0.6 is 0 Å². The molecule has 0 saturated carbocycles. The molecular formula is C23H20N2O3. The predicted octanol–water partition coefficient (Wildman–Crippen LogP) is 5.28. The summed E-state index contributed by atoms with van der Waals surface area (Å²) in [6.45, 7) is 4.33. The number of furan rings is 1. The maximum absolute atomic E-state index is 12.5. The molecular weight excluding hydrogens is 352 g/mol. The molecule has 4 aromatic rings. The molecule has 0 unspecified atom stereocenters. The van der Waals surface area contributed by atoms with Gasteiger partial charge in [-0.1, -0.05) is 30.3 Å². The molecule has 0 spiro atoms. The monoisotopic (exact) mass is 372 g/mol. The fourth-order valence-electron chi connectivity index (χ4n) is 3.05. The van der Waals surface area contributed by atoms with Gasteiger partial charge >= 0.3 is 0 Å². The Labute approximate surface area is 163 Å². The van der Waals surface area contributed by atoms with Crippen LogP contribution in [0.25, 0.3) is 11.0 Å². The Morgan fingerprint density at radius 1 is 1.04 bits per heavy atom. The van der Waals surface area contributed by atoms with E-state index >= 15 is 0 Å². The van der Waals surface area contributed by atoms with E-state index in [1.807, 2.05) is 74.5 Å². The first-order chi connectivity index (χ1) is 13.6. The third-order valence-electron chi connectivity index (χ3n) is 4.30. The smallest absolute Gasteiger partial charge is 0.292 e. The quantitative estimate of drug-likeness (QED) is 0.518. The second kappa shape index (κ2) is 7.56. The van der Waals surface area contributed by atoms with Crippen molar-refractivity contribution in [1.82, 2.24) is 4.98 Å². The zero-order valence-corrected chi connectivity index (χ0v) is 15.7. The molecule has 28 heavy (non-hydrogen) atoms. The molecule has 140 valence electrons. The number of nitrogens with zero attached hydrogens (tertiary/aromatic N) is 1. The summed E-state index contributed by atoms with van der Waals surface area (Å²) >= 11 is 0. The Kier molecular flexibility index (Phi) is 4.81. The highest BCUT2D eigenvalue weighted by molar-refractivity contribution is 6.04. The first-order valence-corrected chi connectivity index (χ1v) is 9.04. The topological polar surface area (TPSA) is 64.4 Å². The van der Waals surface area contributed by atoms with Crippen molar-refractivity contribution in [3.8, 4) is 5.75 Å². The maximum Gasteiger partial charge on any atom is 0.292 e. The molecule has 0 aliphatic heterocycles. The lowest BCUT2D eigenvalue weighted by Gasteiger charge is -2.05. The number of rotatable bonds is 5. The molecule has 0 bridgehead atoms. The molecule has 2 heterocycles. The van der Waals surface area contributed by atoms with Gasteiger partial charge in [0.05, 0.1) is 0 Å². The van der Waals surface area contributed by atoms with E-state index in [4.69, 9.17) is 9.15 Å². The predicted molar refractivity (Wildman–Crippen MR) is 109 cm³/mol. The van der Waals surface area contributed by atoms with Crippen LogP contribution in [0, 0.1) is 13.8 Å². The van der Waals surface area contributed by atoms with Gasteiger partial charge in [0.15, 0.2) is 5.76 Å². The standard InChI is InChI=1S/C23H20N2O3/c1-15-10-16(2)24-22(11-15)25-23(26)21-13-18-12-19(8-9-20(18)28-21)27-14-17-6-4-3-5-7-17/h3-13H,14H2,1-2H3,(H,24,25,26). The van der Waals surface area contributed by atoms with Crippen molar-refractivity contribution in [1.29, 1.82) is 0 Å². The highest BCUT2D eigenvalue weighted by atomic mass is 16.5. The van der Waals surface area contributed by atoms with Gasteiger partial charge in [-0.15, -0.1) is 0 Å². The second-order valence-corrected chi connectivity index (χ2v) is 6.71. The van der Waals surface area contributed by atoms with Crippen molar-refractivity contribution in [2.24, 2.45) is 0 Å². The molecule has 4 rings (SSSR count). The van der Waals surface area contributed by atoms with Gasteiger partial charge in [-0.2, -0.15) is 0 Å². The van der Waals surface area contributed by atoms with Gasteiger partial charge in [0.1, 0.15) is 23.8 Å². The third kappa shape index (κ3) is 4.04. The highest BCUT2D eigenvalue weighted by Gasteiger charge is 2.14. The largest absolute Gasteiger partial charge is 0.489 e. The lowest BCUT2D eigenvalue weighted by Crippen LogP contribution is -2.12. The number of ether oxygens (including phenoxy) is 1. The normalized spacial score (nSPS) is 10.8. The Hall–Kier alpha value is -3.60. The number of pyridine rings is 1. The minimum atomic E-state index is -0.333. The number of hydrogen-bond donors (Lipinski definition) is 1. The molecule has 1 N–H and O–H groups in total. The average Bonchev–Trinajstić information content (AvgIpc) is 3.10. The van der Waals surface area contributed by atoms with Crippen molar-refractivity contribution in [3.05, 3.63) is 89.3 Å². The first-order valence-electron chi connectivity index (χ1n) is 9.04. The summed E-state index contributed by atoms with van der Waals surface area (Å²) in [7, 11) is 0. The number of nitrogens with one attached hydrogen (secondary N) is 1. The average molecular weight is 372 g/mol. The van der Waals surface area contributed by atoms with E-state index < -0.39 is 0 Å². The summed E-state index contributed by atoms with van der Waals surface area (Å²) < 4.78 is 11.5. The van der Waals surface area contributed by atoms with Crippen LogP contribution in [0.3, 0.4) is 0 Å². The summed E-state index contributed by atoms with van der Waals surface area (Å²) in [6.07, 6.45) is 0. The summed E-state index contributed by atoms with van der Waals surface area (Å²) in [4.78, 5) is 16.9. The lowest BCUT2D eigenvalue weighted by molar-refractivity contribution is 0.0998. The van der Waals surface area contributed by atoms with Gasteiger partial charge in [-0.25, -0.2) is 4.98 Å². The highest BCUT2D eigenvalue weighted by Crippen LogP contribution is 2.25. The number of aryl methyl sites for hydroxylation is 2. The van der Waals surface area contributed by atoms with Crippen LogP contribution in [0.1, 0.15) is 27.4 Å². The van der Waals surface area contributed by atoms with Crippen LogP contribution in [-0.2, 0) is 6.61 Å². The van der Waals surface area contributed by atoms with Crippen LogP contribution in [0.5, 0.6) is 5.75 Å². The van der Waals surface area contributed by atoms with Gasteiger partial charge < -0.3 is 14.5 Å². The summed E-state index contributed by atoms with van der Waals surface area (Å²) in [6, 6.07) is 21.0. The fraction of sp³-hybridized carbons (Fsp3) is 0.130. The van der Waals surface area contributed by atoms with E-state index in [-0.39, 0.29) is 11.7 Å². The first kappa shape index (κ1) is 17.8. The number of benzene rings is 2. The van der Waals surface area contributed by atoms with Crippen molar-refractivity contribution >= 4 is 22.7 Å². The number of carbonyl (C=O) groups excluding carboxylic acids is 1. The fourth-order valence-corrected chi connectivity index (χ4v) is 3.05. The maximum atomic E-state index is 12.5. The van der Waals surface area contributed by atoms with Crippen molar-refractivity contribution in [2.75, 3.05) is 5.32 Å². The van der Waals surface area contributed by atoms with E-state index in [0.717, 1.165) is 28.0 Å². The van der Waals surface area contributed by atoms with Crippen molar-refractivity contribution in [3.63, 3.8) is 0 Å². The molecule has 0 saturated heterocycles. The van der Waals surface area contributed by atoms with Crippen LogP contribution in [0.15, 0.2) is 71.1 Å². The molecule has 2 aromatic heterocycles. The van der Waals surface area contributed by atoms with Crippen LogP contribution in [-0.4, -0.2) is 10.9 Å². The number of fused-ring (bicyclic) bond motifs is 1. The van der Waals surface area contributed by atoms with Crippen LogP contribution < -0.4 is 10.1 Å². The number of amides is 1. The molecule has 5 heteroatoms. The van der Waals surface area contributed by atoms with Crippen LogP contribution in [0.4, 0.5) is 5.82 Å². The Balaban J connectivity index is 1.50. The Bertz CT molecular complexity index is 1110. The molecule has 0 fully saturated rings. The molecule has 1 amide bonds. The van der Waals surface area contributed by atoms with Gasteiger partial charge in [0.25, 0.3) is 5.91 Å². The number of anilines is 1. The summed E-state index contributed by atoms with van der Waals surface area (Å²) in [5.41, 5.74) is 3.61. The van der Waals surface area contributed by atoms with E-state index in [0.29, 0.717) is 18.0 Å². The molecule has 0 aliphatic carbocycles.